The van der Waals surface area contributed by atoms with E-state index >= 15 is 0 Å². The maximum absolute atomic E-state index is 11.8. The second-order valence-corrected chi connectivity index (χ2v) is 3.12. The van der Waals surface area contributed by atoms with Crippen LogP contribution in [0, 0.1) is 0 Å². The van der Waals surface area contributed by atoms with Gasteiger partial charge >= 0.3 is 6.36 Å². The van der Waals surface area contributed by atoms with Crippen molar-refractivity contribution in [2.75, 3.05) is 0 Å². The lowest BCUT2D eigenvalue weighted by Crippen LogP contribution is -2.17. The fourth-order valence-corrected chi connectivity index (χ4v) is 0.927. The van der Waals surface area contributed by atoms with Gasteiger partial charge in [0.1, 0.15) is 5.75 Å². The number of aromatic nitrogens is 1. The average molecular weight is 235 g/mol. The highest BCUT2D eigenvalue weighted by Gasteiger charge is 2.31. The fraction of sp³-hybridized carbons (Fsp3) is 0.545. The van der Waals surface area contributed by atoms with Crippen LogP contribution in [0.2, 0.25) is 0 Å². The molecule has 0 aliphatic rings. The number of pyridine rings is 1. The van der Waals surface area contributed by atoms with E-state index in [1.807, 2.05) is 27.7 Å². The molecule has 2 nitrogen and oxygen atoms in total. The van der Waals surface area contributed by atoms with E-state index in [1.54, 1.807) is 0 Å². The first-order valence-electron chi connectivity index (χ1n) is 5.10. The van der Waals surface area contributed by atoms with Gasteiger partial charge in [0.2, 0.25) is 0 Å². The van der Waals surface area contributed by atoms with Crippen LogP contribution in [0.25, 0.3) is 0 Å². The first kappa shape index (κ1) is 14.7. The molecule has 0 N–H and O–H groups in total. The van der Waals surface area contributed by atoms with E-state index in [9.17, 15) is 13.2 Å². The molecular formula is C11H16F3NO. The summed E-state index contributed by atoms with van der Waals surface area (Å²) in [5.74, 6) is -0.100. The first-order chi connectivity index (χ1) is 7.38. The third-order valence-electron chi connectivity index (χ3n) is 1.58. The summed E-state index contributed by atoms with van der Waals surface area (Å²) in [6.45, 7) is 7.82. The number of hydrogen-bond donors (Lipinski definition) is 0. The zero-order chi connectivity index (χ0) is 12.8. The van der Waals surface area contributed by atoms with Gasteiger partial charge in [-0.2, -0.15) is 0 Å². The molecule has 0 radical (unpaired) electrons. The molecule has 5 heteroatoms. The highest BCUT2D eigenvalue weighted by atomic mass is 19.4. The molecule has 0 saturated carbocycles. The van der Waals surface area contributed by atoms with Crippen molar-refractivity contribution in [3.8, 4) is 5.75 Å². The Morgan fingerprint density at radius 3 is 2.06 bits per heavy atom. The highest BCUT2D eigenvalue weighted by Crippen LogP contribution is 2.22. The molecule has 92 valence electrons. The van der Waals surface area contributed by atoms with Gasteiger partial charge in [-0.1, -0.05) is 27.7 Å². The quantitative estimate of drug-likeness (QED) is 0.768. The largest absolute Gasteiger partial charge is 0.573 e. The summed E-state index contributed by atoms with van der Waals surface area (Å²) >= 11 is 0. The maximum atomic E-state index is 11.8. The van der Waals surface area contributed by atoms with E-state index in [2.05, 4.69) is 9.72 Å². The highest BCUT2D eigenvalue weighted by molar-refractivity contribution is 5.21. The third-order valence-corrected chi connectivity index (χ3v) is 1.58. The minimum atomic E-state index is -4.65. The van der Waals surface area contributed by atoms with Crippen molar-refractivity contribution in [1.29, 1.82) is 0 Å². The molecule has 0 fully saturated rings. The topological polar surface area (TPSA) is 22.1 Å². The summed E-state index contributed by atoms with van der Waals surface area (Å²) in [6, 6.07) is 2.78. The molecule has 1 aromatic rings. The molecule has 0 saturated heterocycles. The van der Waals surface area contributed by atoms with E-state index < -0.39 is 6.36 Å². The Balaban J connectivity index is 0.00000106. The Hall–Kier alpha value is -1.26. The molecule has 0 aliphatic heterocycles. The molecule has 0 bridgehead atoms. The summed E-state index contributed by atoms with van der Waals surface area (Å²) in [6.07, 6.45) is -3.58. The van der Waals surface area contributed by atoms with Crippen LogP contribution >= 0.6 is 0 Å². The van der Waals surface area contributed by atoms with Crippen LogP contribution in [-0.4, -0.2) is 11.3 Å². The van der Waals surface area contributed by atoms with Crippen molar-refractivity contribution < 1.29 is 17.9 Å². The normalized spacial score (nSPS) is 10.8. The minimum absolute atomic E-state index is 0.190. The molecule has 0 aliphatic carbocycles. The van der Waals surface area contributed by atoms with Gasteiger partial charge in [0.15, 0.2) is 0 Å². The van der Waals surface area contributed by atoms with E-state index in [-0.39, 0.29) is 11.7 Å². The van der Waals surface area contributed by atoms with Crippen molar-refractivity contribution in [2.24, 2.45) is 0 Å². The summed E-state index contributed by atoms with van der Waals surface area (Å²) in [4.78, 5) is 3.84. The molecule has 0 spiro atoms. The molecule has 1 rings (SSSR count). The number of alkyl halides is 3. The molecule has 0 unspecified atom stereocenters. The van der Waals surface area contributed by atoms with Gasteiger partial charge in [-0.3, -0.25) is 4.98 Å². The van der Waals surface area contributed by atoms with Crippen LogP contribution in [0.5, 0.6) is 5.75 Å². The Kier molecular flexibility index (Phi) is 5.85. The Morgan fingerprint density at radius 2 is 1.75 bits per heavy atom. The van der Waals surface area contributed by atoms with Crippen LogP contribution in [0.3, 0.4) is 0 Å². The van der Waals surface area contributed by atoms with Crippen molar-refractivity contribution in [2.45, 2.75) is 40.0 Å². The molecular weight excluding hydrogens is 219 g/mol. The van der Waals surface area contributed by atoms with Crippen molar-refractivity contribution in [1.82, 2.24) is 4.98 Å². The zero-order valence-corrected chi connectivity index (χ0v) is 9.80. The van der Waals surface area contributed by atoms with Gasteiger partial charge in [-0.15, -0.1) is 13.2 Å². The van der Waals surface area contributed by atoms with E-state index in [0.717, 1.165) is 11.9 Å². The second-order valence-electron chi connectivity index (χ2n) is 3.12. The van der Waals surface area contributed by atoms with Crippen LogP contribution in [-0.2, 0) is 0 Å². The van der Waals surface area contributed by atoms with Crippen molar-refractivity contribution >= 4 is 0 Å². The molecule has 0 amide bonds. The lowest BCUT2D eigenvalue weighted by atomic mass is 10.1. The molecule has 1 aromatic heterocycles. The second kappa shape index (κ2) is 6.35. The maximum Gasteiger partial charge on any atom is 0.573 e. The number of rotatable bonds is 2. The van der Waals surface area contributed by atoms with Gasteiger partial charge in [0.05, 0.1) is 6.20 Å². The lowest BCUT2D eigenvalue weighted by molar-refractivity contribution is -0.274. The summed E-state index contributed by atoms with van der Waals surface area (Å²) < 4.78 is 38.9. The minimum Gasteiger partial charge on any atom is -0.404 e. The predicted octanol–water partition coefficient (Wildman–Crippen LogP) is 4.13. The number of halogens is 3. The predicted molar refractivity (Wildman–Crippen MR) is 56.4 cm³/mol. The van der Waals surface area contributed by atoms with Gasteiger partial charge in [-0.05, 0) is 18.1 Å². The molecule has 16 heavy (non-hydrogen) atoms. The van der Waals surface area contributed by atoms with E-state index in [4.69, 9.17) is 0 Å². The monoisotopic (exact) mass is 235 g/mol. The van der Waals surface area contributed by atoms with Crippen LogP contribution in [0.1, 0.15) is 39.3 Å². The fourth-order valence-electron chi connectivity index (χ4n) is 0.927. The molecule has 1 heterocycles. The summed E-state index contributed by atoms with van der Waals surface area (Å²) in [7, 11) is 0. The van der Waals surface area contributed by atoms with E-state index in [0.29, 0.717) is 0 Å². The smallest absolute Gasteiger partial charge is 0.404 e. The van der Waals surface area contributed by atoms with Crippen LogP contribution < -0.4 is 4.74 Å². The zero-order valence-electron chi connectivity index (χ0n) is 9.80. The van der Waals surface area contributed by atoms with Crippen molar-refractivity contribution in [3.63, 3.8) is 0 Å². The standard InChI is InChI=1S/C9H10F3NO.C2H6/c1-6(2)8-4-3-7(5-13-8)14-9(10,11)12;1-2/h3-6H,1-2H3;1-2H3. The van der Waals surface area contributed by atoms with E-state index in [1.165, 1.54) is 12.1 Å². The summed E-state index contributed by atoms with van der Waals surface area (Å²) in [5.41, 5.74) is 0.736. The lowest BCUT2D eigenvalue weighted by Gasteiger charge is -2.09. The summed E-state index contributed by atoms with van der Waals surface area (Å²) in [5, 5.41) is 0. The average Bonchev–Trinajstić information content (AvgIpc) is 2.19. The van der Waals surface area contributed by atoms with Crippen LogP contribution in [0.15, 0.2) is 18.3 Å². The first-order valence-corrected chi connectivity index (χ1v) is 5.10. The van der Waals surface area contributed by atoms with Gasteiger partial charge < -0.3 is 4.74 Å². The SMILES string of the molecule is CC.CC(C)c1ccc(OC(F)(F)F)cn1. The van der Waals surface area contributed by atoms with Gasteiger partial charge in [-0.25, -0.2) is 0 Å². The Bertz CT molecular complexity index is 293. The number of ether oxygens (including phenoxy) is 1. The number of hydrogen-bond acceptors (Lipinski definition) is 2. The Morgan fingerprint density at radius 1 is 1.19 bits per heavy atom. The molecule has 0 aromatic carbocycles. The van der Waals surface area contributed by atoms with Crippen LogP contribution in [0.4, 0.5) is 13.2 Å². The molecule has 0 atom stereocenters. The van der Waals surface area contributed by atoms with Gasteiger partial charge in [0, 0.05) is 5.69 Å². The third kappa shape index (κ3) is 5.58. The number of nitrogens with zero attached hydrogens (tertiary/aromatic N) is 1. The Labute approximate surface area is 93.5 Å². The van der Waals surface area contributed by atoms with Crippen molar-refractivity contribution in [3.05, 3.63) is 24.0 Å². The van der Waals surface area contributed by atoms with Gasteiger partial charge in [0.25, 0.3) is 0 Å².